The number of hydrogen-bond donors (Lipinski definition) is 1. The van der Waals surface area contributed by atoms with Gasteiger partial charge in [0.1, 0.15) is 11.6 Å². The second kappa shape index (κ2) is 18.7. The third kappa shape index (κ3) is 9.30. The fourth-order valence-corrected chi connectivity index (χ4v) is 8.18. The first-order chi connectivity index (χ1) is 36.7. The Morgan fingerprint density at radius 3 is 2.08 bits per heavy atom. The van der Waals surface area contributed by atoms with E-state index in [1.807, 2.05) is 65.0 Å². The van der Waals surface area contributed by atoms with E-state index in [2.05, 4.69) is 11.1 Å². The number of aromatic nitrogens is 3. The van der Waals surface area contributed by atoms with Crippen LogP contribution in [0.1, 0.15) is 161 Å². The fourth-order valence-electron chi connectivity index (χ4n) is 8.18. The van der Waals surface area contributed by atoms with Crippen molar-refractivity contribution < 1.29 is 48.1 Å². The van der Waals surface area contributed by atoms with Gasteiger partial charge in [-0.1, -0.05) is 166 Å². The van der Waals surface area contributed by atoms with Gasteiger partial charge in [-0.15, -0.1) is 29.3 Å². The van der Waals surface area contributed by atoms with Crippen molar-refractivity contribution in [3.63, 3.8) is 0 Å². The van der Waals surface area contributed by atoms with E-state index < -0.39 is 95.9 Å². The first-order valence-corrected chi connectivity index (χ1v) is 21.5. The standard InChI is InChI=1S/C60H64N3O.Pt/c1-35(2)44-32-51(38(7)8)58(64)52(33-44)59-62-57-50(45-29-46(31-47(30-45)60(11,12)13)53-34-42(26-27-61-53)41-22-20-39(9)21-23-41)18-15-19-55(57)63(59)54-25-24-43(28-40(54)10)56-48(36(3)4)16-14-17-49(56)37(5)6;/h14-28,30-38,64H,1-13H3;/q-1;/i9D3,10D3,20D,21D,22D,23D,26D,27D,34D,35D,36D,38D;. The minimum atomic E-state index is -3.02. The number of aromatic hydroxyl groups is 1. The molecular formula is C60H64N3OPt-. The Morgan fingerprint density at radius 1 is 0.708 bits per heavy atom. The number of rotatable bonds is 10. The van der Waals surface area contributed by atoms with Crippen LogP contribution in [-0.2, 0) is 26.5 Å². The summed E-state index contributed by atoms with van der Waals surface area (Å²) >= 11 is 0. The molecule has 4 nitrogen and oxygen atoms in total. The number of aryl methyl sites for hydroxylation is 1. The van der Waals surface area contributed by atoms with Crippen LogP contribution >= 0.6 is 0 Å². The Morgan fingerprint density at radius 2 is 1.42 bits per heavy atom. The van der Waals surface area contributed by atoms with Crippen LogP contribution < -0.4 is 0 Å². The van der Waals surface area contributed by atoms with Gasteiger partial charge in [-0.25, -0.2) is 4.98 Å². The molecule has 0 atom stereocenters. The molecule has 0 aliphatic rings. The molecule has 0 amide bonds. The summed E-state index contributed by atoms with van der Waals surface area (Å²) in [5.74, 6) is -3.92. The number of fused-ring (bicyclic) bond motifs is 1. The van der Waals surface area contributed by atoms with Crippen molar-refractivity contribution in [3.8, 4) is 67.5 Å². The van der Waals surface area contributed by atoms with E-state index in [0.29, 0.717) is 44.4 Å². The molecule has 6 aromatic carbocycles. The maximum atomic E-state index is 12.4. The molecule has 0 saturated heterocycles. The van der Waals surface area contributed by atoms with E-state index in [1.54, 1.807) is 94.6 Å². The van der Waals surface area contributed by atoms with Crippen LogP contribution in [0.5, 0.6) is 5.75 Å². The van der Waals surface area contributed by atoms with Gasteiger partial charge in [0.25, 0.3) is 0 Å². The minimum absolute atomic E-state index is 0. The van der Waals surface area contributed by atoms with E-state index >= 15 is 0 Å². The quantitative estimate of drug-likeness (QED) is 0.139. The van der Waals surface area contributed by atoms with Crippen LogP contribution in [0.25, 0.3) is 72.7 Å². The normalized spacial score (nSPS) is 16.4. The largest absolute Gasteiger partial charge is 0.507 e. The van der Waals surface area contributed by atoms with E-state index in [9.17, 15) is 9.22 Å². The zero-order valence-corrected chi connectivity index (χ0v) is 41.0. The van der Waals surface area contributed by atoms with Crippen LogP contribution in [0, 0.1) is 19.8 Å². The molecular weight excluding hydrogens is 974 g/mol. The molecule has 8 aromatic rings. The Balaban J connectivity index is 0.00000946. The first-order valence-electron chi connectivity index (χ1n) is 29.5. The number of phenolic OH excluding ortho intramolecular Hbond substituents is 1. The molecule has 0 aliphatic carbocycles. The zero-order chi connectivity index (χ0) is 59.6. The Kier molecular flexibility index (Phi) is 8.82. The summed E-state index contributed by atoms with van der Waals surface area (Å²) in [6.45, 7) is 14.3. The first kappa shape index (κ1) is 30.6. The number of para-hydroxylation sites is 1. The van der Waals surface area contributed by atoms with Gasteiger partial charge in [-0.2, -0.15) is 0 Å². The summed E-state index contributed by atoms with van der Waals surface area (Å²) in [4.78, 5) is 9.69. The van der Waals surface area contributed by atoms with Crippen molar-refractivity contribution in [1.29, 1.82) is 0 Å². The molecule has 0 radical (unpaired) electrons. The predicted octanol–water partition coefficient (Wildman–Crippen LogP) is 16.7. The molecule has 0 fully saturated rings. The predicted molar refractivity (Wildman–Crippen MR) is 271 cm³/mol. The summed E-state index contributed by atoms with van der Waals surface area (Å²) in [5.41, 5.74) is 3.49. The van der Waals surface area contributed by atoms with Crippen LogP contribution in [-0.4, -0.2) is 19.6 Å². The Bertz CT molecular complexity index is 3790. The fraction of sp³-hybridized carbons (Fsp3) is 0.300. The maximum Gasteiger partial charge on any atom is 0.148 e. The number of nitrogens with zero attached hydrogens (tertiary/aromatic N) is 3. The van der Waals surface area contributed by atoms with Gasteiger partial charge < -0.3 is 5.11 Å². The number of phenols is 1. The third-order valence-corrected chi connectivity index (χ3v) is 11.7. The van der Waals surface area contributed by atoms with Crippen molar-refractivity contribution >= 4 is 11.0 Å². The molecule has 0 bridgehead atoms. The van der Waals surface area contributed by atoms with Crippen molar-refractivity contribution in [3.05, 3.63) is 166 Å². The van der Waals surface area contributed by atoms with Gasteiger partial charge in [-0.3, -0.25) is 9.55 Å². The SMILES string of the molecule is [2H]c1nc(-c2[c-]c(-c3cccc4c3nc(-c3cc(C([2H])(C)C)cc(C([2H])(C)C)c3O)n4-c3ccc(-c4c(C(C)C)cccc4C([2H])(C)C)cc3C([2H])([2H])[2H])cc(C(C)(C)C)c2)c([2H])c(-c2c([2H])c([2H])c(C([2H])([2H])[2H])c([2H])c2[2H])c1[2H].[Pt]. The van der Waals surface area contributed by atoms with E-state index in [1.165, 1.54) is 0 Å². The number of imidazole rings is 1. The Labute approximate surface area is 425 Å². The monoisotopic (exact) mass is 1050 g/mol. The minimum Gasteiger partial charge on any atom is -0.507 e. The van der Waals surface area contributed by atoms with Crippen LogP contribution in [0.15, 0.2) is 121 Å². The van der Waals surface area contributed by atoms with Gasteiger partial charge in [0.05, 0.1) is 31.9 Å². The zero-order valence-electron chi connectivity index (χ0n) is 54.7. The molecule has 0 spiro atoms. The van der Waals surface area contributed by atoms with Gasteiger partial charge >= 0.3 is 0 Å². The smallest absolute Gasteiger partial charge is 0.148 e. The summed E-state index contributed by atoms with van der Waals surface area (Å²) in [5, 5.41) is 12.4. The van der Waals surface area contributed by atoms with Gasteiger partial charge in [0, 0.05) is 45.3 Å². The third-order valence-electron chi connectivity index (χ3n) is 11.7. The van der Waals surface area contributed by atoms with E-state index in [0.717, 1.165) is 11.1 Å². The van der Waals surface area contributed by atoms with Gasteiger partial charge in [-0.05, 0) is 123 Å². The molecule has 0 unspecified atom stereocenters. The molecule has 1 N–H and O–H groups in total. The topological polar surface area (TPSA) is 50.9 Å². The second-order valence-electron chi connectivity index (χ2n) is 18.4. The molecule has 2 aromatic heterocycles. The van der Waals surface area contributed by atoms with Crippen LogP contribution in [0.4, 0.5) is 0 Å². The molecule has 0 saturated carbocycles. The van der Waals surface area contributed by atoms with E-state index in [4.69, 9.17) is 22.8 Å². The molecule has 336 valence electrons. The molecule has 0 aliphatic heterocycles. The summed E-state index contributed by atoms with van der Waals surface area (Å²) in [6.07, 6.45) is -0.666. The molecule has 2 heterocycles. The van der Waals surface area contributed by atoms with Crippen molar-refractivity contribution in [2.24, 2.45) is 0 Å². The molecule has 5 heteroatoms. The number of pyridine rings is 1. The van der Waals surface area contributed by atoms with Gasteiger partial charge in [0.2, 0.25) is 0 Å². The number of benzene rings is 6. The summed E-state index contributed by atoms with van der Waals surface area (Å²) < 4.78 is 143. The van der Waals surface area contributed by atoms with Gasteiger partial charge in [0.15, 0.2) is 0 Å². The average molecular weight is 1050 g/mol. The maximum absolute atomic E-state index is 12.4. The molecule has 65 heavy (non-hydrogen) atoms. The van der Waals surface area contributed by atoms with Crippen molar-refractivity contribution in [1.82, 2.24) is 14.5 Å². The van der Waals surface area contributed by atoms with Crippen molar-refractivity contribution in [2.75, 3.05) is 0 Å². The average Bonchev–Trinajstić information content (AvgIpc) is 3.83. The second-order valence-corrected chi connectivity index (χ2v) is 18.4. The summed E-state index contributed by atoms with van der Waals surface area (Å²) in [7, 11) is 0. The summed E-state index contributed by atoms with van der Waals surface area (Å²) in [6, 6.07) is 21.8. The van der Waals surface area contributed by atoms with Crippen LogP contribution in [0.2, 0.25) is 0 Å². The van der Waals surface area contributed by atoms with Crippen LogP contribution in [0.3, 0.4) is 0 Å². The number of hydrogen-bond acceptors (Lipinski definition) is 3. The van der Waals surface area contributed by atoms with E-state index in [-0.39, 0.29) is 72.2 Å². The van der Waals surface area contributed by atoms with Crippen molar-refractivity contribution in [2.45, 2.75) is 119 Å². The Hall–Kier alpha value is -5.57. The molecule has 8 rings (SSSR count).